The van der Waals surface area contributed by atoms with Crippen LogP contribution in [0.5, 0.6) is 0 Å². The Kier molecular flexibility index (Phi) is 7.06. The van der Waals surface area contributed by atoms with E-state index in [0.717, 1.165) is 0 Å². The predicted octanol–water partition coefficient (Wildman–Crippen LogP) is -1.80. The van der Waals surface area contributed by atoms with Gasteiger partial charge in [-0.2, -0.15) is 5.21 Å². The number of urea groups is 1. The van der Waals surface area contributed by atoms with E-state index in [4.69, 9.17) is 15.3 Å². The summed E-state index contributed by atoms with van der Waals surface area (Å²) in [7, 11) is 0. The molecule has 0 radical (unpaired) electrons. The number of carboxylic acids is 3. The summed E-state index contributed by atoms with van der Waals surface area (Å²) in [6.07, 6.45) is -0.722. The summed E-state index contributed by atoms with van der Waals surface area (Å²) in [5.74, 6) is -3.71. The van der Waals surface area contributed by atoms with Crippen LogP contribution in [0.2, 0.25) is 0 Å². The molecule has 1 unspecified atom stereocenters. The second kappa shape index (κ2) is 9.02. The highest BCUT2D eigenvalue weighted by atomic mass is 16.4. The minimum Gasteiger partial charge on any atom is -0.481 e. The first-order chi connectivity index (χ1) is 11.3. The molecule has 13 nitrogen and oxygen atoms in total. The molecule has 6 N–H and O–H groups in total. The molecular formula is C11H16N6O7. The first kappa shape index (κ1) is 18.8. The molecule has 0 fully saturated rings. The number of H-pyrrole nitrogens is 1. The van der Waals surface area contributed by atoms with Crippen molar-refractivity contribution in [2.75, 3.05) is 0 Å². The average Bonchev–Trinajstić information content (AvgIpc) is 3.00. The lowest BCUT2D eigenvalue weighted by Gasteiger charge is -2.17. The molecule has 0 spiro atoms. The zero-order chi connectivity index (χ0) is 18.1. The standard InChI is InChI=1S/C11H16N6O7/c18-8(19)4-2-6(10(22)23)13-11(24)12-5(9(20)21)1-3-7-14-16-17-15-7/h5-6H,1-4H2,(H,18,19)(H,20,21)(H,22,23)(H2,12,13,24)(H,14,15,16,17)/t5-,6?/m0/s1. The number of nitrogens with zero attached hydrogens (tertiary/aromatic N) is 3. The van der Waals surface area contributed by atoms with E-state index in [1.54, 1.807) is 0 Å². The lowest BCUT2D eigenvalue weighted by molar-refractivity contribution is -0.140. The fourth-order valence-corrected chi connectivity index (χ4v) is 1.70. The van der Waals surface area contributed by atoms with Crippen LogP contribution in [0.1, 0.15) is 25.1 Å². The van der Waals surface area contributed by atoms with Crippen molar-refractivity contribution in [2.45, 2.75) is 37.8 Å². The molecule has 0 saturated heterocycles. The summed E-state index contributed by atoms with van der Waals surface area (Å²) in [5.41, 5.74) is 0. The Balaban J connectivity index is 2.54. The number of aliphatic carboxylic acids is 3. The van der Waals surface area contributed by atoms with Gasteiger partial charge >= 0.3 is 23.9 Å². The largest absolute Gasteiger partial charge is 0.481 e. The predicted molar refractivity (Wildman–Crippen MR) is 73.9 cm³/mol. The number of carbonyl (C=O) groups excluding carboxylic acids is 1. The van der Waals surface area contributed by atoms with Gasteiger partial charge in [0.1, 0.15) is 12.1 Å². The van der Waals surface area contributed by atoms with Gasteiger partial charge in [0, 0.05) is 12.8 Å². The van der Waals surface area contributed by atoms with Crippen LogP contribution in [0.3, 0.4) is 0 Å². The molecule has 1 rings (SSSR count). The summed E-state index contributed by atoms with van der Waals surface area (Å²) < 4.78 is 0. The lowest BCUT2D eigenvalue weighted by Crippen LogP contribution is -2.51. The quantitative estimate of drug-likeness (QED) is 0.280. The van der Waals surface area contributed by atoms with E-state index < -0.39 is 42.4 Å². The molecule has 24 heavy (non-hydrogen) atoms. The number of rotatable bonds is 10. The maximum Gasteiger partial charge on any atom is 0.326 e. The number of carboxylic acid groups (broad SMARTS) is 3. The average molecular weight is 344 g/mol. The van der Waals surface area contributed by atoms with Gasteiger partial charge in [-0.3, -0.25) is 4.79 Å². The van der Waals surface area contributed by atoms with Crippen LogP contribution < -0.4 is 10.6 Å². The van der Waals surface area contributed by atoms with Gasteiger partial charge < -0.3 is 26.0 Å². The monoisotopic (exact) mass is 344 g/mol. The van der Waals surface area contributed by atoms with E-state index in [0.29, 0.717) is 0 Å². The molecule has 2 atom stereocenters. The lowest BCUT2D eigenvalue weighted by atomic mass is 10.1. The van der Waals surface area contributed by atoms with Crippen LogP contribution in [0, 0.1) is 0 Å². The molecule has 1 heterocycles. The minimum absolute atomic E-state index is 0.0465. The van der Waals surface area contributed by atoms with E-state index >= 15 is 0 Å². The molecule has 0 bridgehead atoms. The van der Waals surface area contributed by atoms with Crippen LogP contribution >= 0.6 is 0 Å². The van der Waals surface area contributed by atoms with E-state index in [-0.39, 0.29) is 25.1 Å². The van der Waals surface area contributed by atoms with Crippen molar-refractivity contribution in [3.63, 3.8) is 0 Å². The highest BCUT2D eigenvalue weighted by Gasteiger charge is 2.25. The first-order valence-corrected chi connectivity index (χ1v) is 6.76. The second-order valence-electron chi connectivity index (χ2n) is 4.70. The van der Waals surface area contributed by atoms with E-state index in [1.807, 2.05) is 5.32 Å². The third kappa shape index (κ3) is 6.67. The van der Waals surface area contributed by atoms with Gasteiger partial charge in [0.2, 0.25) is 0 Å². The topological polar surface area (TPSA) is 207 Å². The maximum atomic E-state index is 11.7. The molecule has 13 heteroatoms. The second-order valence-corrected chi connectivity index (χ2v) is 4.70. The molecule has 0 saturated carbocycles. The fourth-order valence-electron chi connectivity index (χ4n) is 1.70. The molecule has 1 aromatic heterocycles. The number of hydrogen-bond donors (Lipinski definition) is 6. The number of amides is 2. The number of aryl methyl sites for hydroxylation is 1. The number of aromatic nitrogens is 4. The van der Waals surface area contributed by atoms with Crippen LogP contribution in [0.15, 0.2) is 0 Å². The first-order valence-electron chi connectivity index (χ1n) is 6.76. The highest BCUT2D eigenvalue weighted by molar-refractivity contribution is 5.86. The van der Waals surface area contributed by atoms with Crippen molar-refractivity contribution >= 4 is 23.9 Å². The van der Waals surface area contributed by atoms with Crippen molar-refractivity contribution in [1.29, 1.82) is 0 Å². The summed E-state index contributed by atoms with van der Waals surface area (Å²) in [6, 6.07) is -3.79. The molecular weight excluding hydrogens is 328 g/mol. The number of hydrogen-bond acceptors (Lipinski definition) is 7. The normalized spacial score (nSPS) is 12.8. The van der Waals surface area contributed by atoms with Crippen molar-refractivity contribution in [1.82, 2.24) is 31.3 Å². The van der Waals surface area contributed by atoms with Crippen LogP contribution in [-0.2, 0) is 20.8 Å². The molecule has 1 aromatic rings. The van der Waals surface area contributed by atoms with Gasteiger partial charge in [0.25, 0.3) is 0 Å². The molecule has 2 amide bonds. The Bertz CT molecular complexity index is 590. The molecule has 0 aliphatic heterocycles. The van der Waals surface area contributed by atoms with Gasteiger partial charge in [-0.1, -0.05) is 5.21 Å². The van der Waals surface area contributed by atoms with E-state index in [1.165, 1.54) is 0 Å². The third-order valence-electron chi connectivity index (χ3n) is 2.90. The minimum atomic E-state index is -1.45. The zero-order valence-corrected chi connectivity index (χ0v) is 12.3. The molecule has 0 aromatic carbocycles. The Labute approximate surface area is 134 Å². The number of aromatic amines is 1. The van der Waals surface area contributed by atoms with Crippen LogP contribution in [0.4, 0.5) is 4.79 Å². The van der Waals surface area contributed by atoms with Gasteiger partial charge in [0.15, 0.2) is 5.82 Å². The summed E-state index contributed by atoms with van der Waals surface area (Å²) in [6.45, 7) is 0. The Hall–Kier alpha value is -3.25. The van der Waals surface area contributed by atoms with E-state index in [9.17, 15) is 19.2 Å². The molecule has 0 aliphatic rings. The van der Waals surface area contributed by atoms with Gasteiger partial charge in [-0.25, -0.2) is 14.4 Å². The SMILES string of the molecule is O=C(O)CCC(NC(=O)N[C@@H](CCc1nn[nH]n1)C(=O)O)C(=O)O. The van der Waals surface area contributed by atoms with Crippen molar-refractivity contribution in [3.05, 3.63) is 5.82 Å². The molecule has 132 valence electrons. The number of tetrazole rings is 1. The fraction of sp³-hybridized carbons (Fsp3) is 0.545. The Morgan fingerprint density at radius 1 is 1.00 bits per heavy atom. The number of carbonyl (C=O) groups is 4. The Morgan fingerprint density at radius 2 is 1.58 bits per heavy atom. The van der Waals surface area contributed by atoms with Gasteiger partial charge in [-0.05, 0) is 12.8 Å². The zero-order valence-electron chi connectivity index (χ0n) is 12.3. The maximum absolute atomic E-state index is 11.7. The molecule has 0 aliphatic carbocycles. The smallest absolute Gasteiger partial charge is 0.326 e. The van der Waals surface area contributed by atoms with E-state index in [2.05, 4.69) is 25.9 Å². The van der Waals surface area contributed by atoms with Gasteiger partial charge in [0.05, 0.1) is 0 Å². The van der Waals surface area contributed by atoms with Crippen LogP contribution in [-0.4, -0.2) is 72.0 Å². The number of nitrogens with one attached hydrogen (secondary N) is 3. The van der Waals surface area contributed by atoms with Crippen molar-refractivity contribution in [2.24, 2.45) is 0 Å². The summed E-state index contributed by atoms with van der Waals surface area (Å²) in [4.78, 5) is 44.3. The Morgan fingerprint density at radius 3 is 2.04 bits per heavy atom. The van der Waals surface area contributed by atoms with Crippen molar-refractivity contribution < 1.29 is 34.5 Å². The van der Waals surface area contributed by atoms with Crippen LogP contribution in [0.25, 0.3) is 0 Å². The highest BCUT2D eigenvalue weighted by Crippen LogP contribution is 2.01. The summed E-state index contributed by atoms with van der Waals surface area (Å²) in [5, 5.41) is 43.4. The third-order valence-corrected chi connectivity index (χ3v) is 2.90. The van der Waals surface area contributed by atoms with Gasteiger partial charge in [-0.15, -0.1) is 10.2 Å². The van der Waals surface area contributed by atoms with Crippen molar-refractivity contribution in [3.8, 4) is 0 Å². The summed E-state index contributed by atoms with van der Waals surface area (Å²) >= 11 is 0.